The van der Waals surface area contributed by atoms with Gasteiger partial charge in [0.15, 0.2) is 0 Å². The second-order valence-electron chi connectivity index (χ2n) is 4.49. The van der Waals surface area contributed by atoms with Gasteiger partial charge in [0.05, 0.1) is 0 Å². The van der Waals surface area contributed by atoms with Crippen LogP contribution in [0.1, 0.15) is 33.4 Å². The maximum atomic E-state index is 4.16. The van der Waals surface area contributed by atoms with Gasteiger partial charge in [0.2, 0.25) is 0 Å². The number of hydrogen-bond acceptors (Lipinski definition) is 0. The molecule has 1 heteroatoms. The molecule has 0 radical (unpaired) electrons. The van der Waals surface area contributed by atoms with Crippen LogP contribution in [0.25, 0.3) is 5.57 Å². The van der Waals surface area contributed by atoms with Gasteiger partial charge in [0, 0.05) is 0 Å². The minimum absolute atomic E-state index is 1.13. The Kier molecular flexibility index (Phi) is 2.81. The van der Waals surface area contributed by atoms with E-state index in [4.69, 9.17) is 0 Å². The first-order chi connectivity index (χ1) is 7.45. The summed E-state index contributed by atoms with van der Waals surface area (Å²) in [7, 11) is 0. The van der Waals surface area contributed by atoms with E-state index in [-0.39, 0.29) is 0 Å². The normalized spacial score (nSPS) is 14.2. The van der Waals surface area contributed by atoms with E-state index < -0.39 is 0 Å². The van der Waals surface area contributed by atoms with Crippen molar-refractivity contribution in [1.29, 1.82) is 0 Å². The van der Waals surface area contributed by atoms with Crippen LogP contribution in [0.2, 0.25) is 0 Å². The molecule has 1 aliphatic carbocycles. The van der Waals surface area contributed by atoms with Crippen molar-refractivity contribution in [2.45, 2.75) is 27.7 Å². The molecule has 0 saturated heterocycles. The molecule has 0 N–H and O–H groups in total. The molecule has 81 valence electrons. The van der Waals surface area contributed by atoms with Crippen molar-refractivity contribution in [3.8, 4) is 0 Å². The van der Waals surface area contributed by atoms with E-state index in [0.29, 0.717) is 0 Å². The summed E-state index contributed by atoms with van der Waals surface area (Å²) in [5.74, 6) is 0. The molecule has 1 aromatic rings. The number of benzene rings is 1. The fourth-order valence-corrected chi connectivity index (χ4v) is 2.93. The van der Waals surface area contributed by atoms with E-state index in [1.807, 2.05) is 0 Å². The van der Waals surface area contributed by atoms with Gasteiger partial charge in [-0.2, -0.15) is 0 Å². The van der Waals surface area contributed by atoms with Crippen LogP contribution in [0, 0.1) is 27.7 Å². The Hall–Kier alpha value is -0.846. The van der Waals surface area contributed by atoms with Crippen LogP contribution in [-0.4, -0.2) is 4.23 Å². The molecule has 0 unspecified atom stereocenters. The monoisotopic (exact) mass is 247 g/mol. The number of rotatable bonds is 0. The summed E-state index contributed by atoms with van der Waals surface area (Å²) in [6, 6.07) is 0. The molecule has 16 heavy (non-hydrogen) atoms. The zero-order chi connectivity index (χ0) is 12.0. The van der Waals surface area contributed by atoms with Crippen molar-refractivity contribution in [3.05, 3.63) is 52.1 Å². The Labute approximate surface area is 107 Å². The average molecular weight is 247 g/mol. The quantitative estimate of drug-likeness (QED) is 0.657. The third-order valence-corrected chi connectivity index (χ3v) is 4.29. The van der Waals surface area contributed by atoms with Crippen LogP contribution in [0.5, 0.6) is 0 Å². The van der Waals surface area contributed by atoms with Gasteiger partial charge in [-0.05, 0) is 0 Å². The van der Waals surface area contributed by atoms with Crippen LogP contribution in [0.4, 0.5) is 0 Å². The Balaban J connectivity index is 2.94. The van der Waals surface area contributed by atoms with Gasteiger partial charge in [0.25, 0.3) is 0 Å². The molecule has 0 saturated carbocycles. The standard InChI is InChI=1S/C15H16.V/c1-9-7-6-8-14-12(4)10(2)11(3)13(5)15(9)14;/h6-7H,1H2,2-5H3;. The van der Waals surface area contributed by atoms with Crippen molar-refractivity contribution < 1.29 is 17.0 Å². The topological polar surface area (TPSA) is 0 Å². The maximum absolute atomic E-state index is 4.16. The van der Waals surface area contributed by atoms with E-state index in [9.17, 15) is 0 Å². The second kappa shape index (κ2) is 3.87. The molecule has 0 heterocycles. The van der Waals surface area contributed by atoms with Crippen LogP contribution >= 0.6 is 0 Å². The van der Waals surface area contributed by atoms with Gasteiger partial charge < -0.3 is 0 Å². The molecule has 0 aromatic heterocycles. The SMILES string of the molecule is C=C1C=C[C](=[V])c2c(C)c(C)c(C)c(C)c21. The predicted molar refractivity (Wildman–Crippen MR) is 67.7 cm³/mol. The van der Waals surface area contributed by atoms with Gasteiger partial charge in [-0.3, -0.25) is 0 Å². The Morgan fingerprint density at radius 1 is 0.812 bits per heavy atom. The van der Waals surface area contributed by atoms with Gasteiger partial charge >= 0.3 is 107 Å². The van der Waals surface area contributed by atoms with Crippen molar-refractivity contribution in [2.24, 2.45) is 0 Å². The van der Waals surface area contributed by atoms with Crippen LogP contribution in [0.3, 0.4) is 0 Å². The molecular formula is C15H16V. The minimum atomic E-state index is 1.13. The van der Waals surface area contributed by atoms with Crippen LogP contribution < -0.4 is 0 Å². The summed E-state index contributed by atoms with van der Waals surface area (Å²) in [6.45, 7) is 13.0. The molecule has 0 bridgehead atoms. The van der Waals surface area contributed by atoms with Gasteiger partial charge in [-0.15, -0.1) is 0 Å². The summed E-state index contributed by atoms with van der Waals surface area (Å²) in [6.07, 6.45) is 4.25. The molecule has 1 aliphatic rings. The average Bonchev–Trinajstić information content (AvgIpc) is 2.26. The van der Waals surface area contributed by atoms with Crippen molar-refractivity contribution >= 4 is 9.80 Å². The zero-order valence-electron chi connectivity index (χ0n) is 10.3. The van der Waals surface area contributed by atoms with Crippen molar-refractivity contribution in [2.75, 3.05) is 0 Å². The van der Waals surface area contributed by atoms with Crippen molar-refractivity contribution in [3.63, 3.8) is 0 Å². The Morgan fingerprint density at radius 2 is 1.31 bits per heavy atom. The molecule has 0 fully saturated rings. The van der Waals surface area contributed by atoms with Crippen LogP contribution in [0.15, 0.2) is 18.7 Å². The number of fused-ring (bicyclic) bond motifs is 1. The molecule has 0 nitrogen and oxygen atoms in total. The van der Waals surface area contributed by atoms with E-state index >= 15 is 0 Å². The van der Waals surface area contributed by atoms with Gasteiger partial charge in [-0.1, -0.05) is 0 Å². The molecule has 0 atom stereocenters. The summed E-state index contributed by atoms with van der Waals surface area (Å²) >= 11 is 2.67. The summed E-state index contributed by atoms with van der Waals surface area (Å²) in [5.41, 5.74) is 9.39. The molecule has 0 aliphatic heterocycles. The predicted octanol–water partition coefficient (Wildman–Crippen LogP) is 3.57. The second-order valence-corrected chi connectivity index (χ2v) is 5.25. The zero-order valence-corrected chi connectivity index (χ0v) is 11.7. The Bertz CT molecular complexity index is 496. The molecule has 0 spiro atoms. The first kappa shape index (κ1) is 11.6. The van der Waals surface area contributed by atoms with Crippen molar-refractivity contribution in [1.82, 2.24) is 0 Å². The van der Waals surface area contributed by atoms with Gasteiger partial charge in [-0.25, -0.2) is 0 Å². The fourth-order valence-electron chi connectivity index (χ4n) is 2.38. The molecule has 0 amide bonds. The first-order valence-corrected chi connectivity index (χ1v) is 6.19. The molecule has 1 aromatic carbocycles. The fraction of sp³-hybridized carbons (Fsp3) is 0.267. The van der Waals surface area contributed by atoms with E-state index in [2.05, 4.69) is 63.4 Å². The first-order valence-electron chi connectivity index (χ1n) is 5.49. The van der Waals surface area contributed by atoms with Crippen LogP contribution in [-0.2, 0) is 17.0 Å². The number of hydrogen-bond donors (Lipinski definition) is 0. The summed E-state index contributed by atoms with van der Waals surface area (Å²) in [5, 5.41) is 0. The summed E-state index contributed by atoms with van der Waals surface area (Å²) < 4.78 is 1.29. The van der Waals surface area contributed by atoms with E-state index in [1.165, 1.54) is 37.6 Å². The Morgan fingerprint density at radius 3 is 1.88 bits per heavy atom. The van der Waals surface area contributed by atoms with E-state index in [0.717, 1.165) is 5.57 Å². The molecular weight excluding hydrogens is 231 g/mol. The van der Waals surface area contributed by atoms with Gasteiger partial charge in [0.1, 0.15) is 0 Å². The third-order valence-electron chi connectivity index (χ3n) is 3.71. The van der Waals surface area contributed by atoms with E-state index in [1.54, 1.807) is 0 Å². The molecule has 2 rings (SSSR count). The summed E-state index contributed by atoms with van der Waals surface area (Å²) in [4.78, 5) is 0. The number of allylic oxidation sites excluding steroid dienone is 3. The third kappa shape index (κ3) is 1.49.